The van der Waals surface area contributed by atoms with Gasteiger partial charge in [0.25, 0.3) is 0 Å². The molecule has 2 aliphatic heterocycles. The lowest BCUT2D eigenvalue weighted by Crippen LogP contribution is -2.82. The first-order valence-electron chi connectivity index (χ1n) is 14.5. The first-order chi connectivity index (χ1) is 18.6. The van der Waals surface area contributed by atoms with Crippen molar-refractivity contribution in [2.45, 2.75) is 74.7 Å². The third kappa shape index (κ3) is 2.78. The van der Waals surface area contributed by atoms with Crippen LogP contribution in [0.4, 0.5) is 0 Å². The van der Waals surface area contributed by atoms with Gasteiger partial charge in [-0.15, -0.1) is 0 Å². The van der Waals surface area contributed by atoms with Gasteiger partial charge in [-0.1, -0.05) is 36.4 Å². The second-order valence-corrected chi connectivity index (χ2v) is 12.8. The van der Waals surface area contributed by atoms with Crippen LogP contribution in [0.2, 0.25) is 0 Å². The molecule has 2 aromatic rings. The third-order valence-corrected chi connectivity index (χ3v) is 11.5. The topological polar surface area (TPSA) is 60.0 Å². The van der Waals surface area contributed by atoms with Crippen molar-refractivity contribution in [3.63, 3.8) is 0 Å². The quantitative estimate of drug-likeness (QED) is 0.599. The predicted octanol–water partition coefficient (Wildman–Crippen LogP) is 4.24. The van der Waals surface area contributed by atoms with Gasteiger partial charge in [-0.25, -0.2) is 0 Å². The number of rotatable bonds is 7. The summed E-state index contributed by atoms with van der Waals surface area (Å²) in [5.74, 6) is 2.45. The van der Waals surface area contributed by atoms with Crippen LogP contribution in [-0.4, -0.2) is 55.9 Å². The van der Waals surface area contributed by atoms with E-state index in [2.05, 4.69) is 34.5 Å². The number of carbonyl (C=O) groups excluding carboxylic acids is 1. The Morgan fingerprint density at radius 3 is 2.71 bits per heavy atom. The molecule has 7 aliphatic rings. The van der Waals surface area contributed by atoms with Gasteiger partial charge in [0, 0.05) is 42.6 Å². The first kappa shape index (κ1) is 23.3. The third-order valence-electron chi connectivity index (χ3n) is 11.5. The number of likely N-dealkylation sites (tertiary alicyclic amines) is 1. The van der Waals surface area contributed by atoms with Gasteiger partial charge in [0.1, 0.15) is 11.7 Å². The Balaban J connectivity index is 1.25. The van der Waals surface area contributed by atoms with Crippen LogP contribution in [0, 0.1) is 17.3 Å². The van der Waals surface area contributed by atoms with Gasteiger partial charge in [0.2, 0.25) is 5.91 Å². The van der Waals surface area contributed by atoms with E-state index in [0.29, 0.717) is 12.6 Å². The van der Waals surface area contributed by atoms with Crippen molar-refractivity contribution in [1.82, 2.24) is 10.2 Å². The largest absolute Gasteiger partial charge is 0.493 e. The molecule has 4 bridgehead atoms. The highest BCUT2D eigenvalue weighted by molar-refractivity contribution is 5.82. The summed E-state index contributed by atoms with van der Waals surface area (Å²) in [7, 11) is 3.54. The molecule has 2 heterocycles. The van der Waals surface area contributed by atoms with Gasteiger partial charge < -0.3 is 19.5 Å². The minimum atomic E-state index is -0.648. The van der Waals surface area contributed by atoms with E-state index in [9.17, 15) is 4.79 Å². The molecule has 1 amide bonds. The molecule has 5 aliphatic carbocycles. The van der Waals surface area contributed by atoms with Crippen molar-refractivity contribution in [2.24, 2.45) is 17.3 Å². The Morgan fingerprint density at radius 1 is 1.11 bits per heavy atom. The highest BCUT2D eigenvalue weighted by Crippen LogP contribution is 2.76. The van der Waals surface area contributed by atoms with Crippen molar-refractivity contribution >= 4 is 5.91 Å². The summed E-state index contributed by atoms with van der Waals surface area (Å²) < 4.78 is 19.4. The average Bonchev–Trinajstić information content (AvgIpc) is 3.70. The number of amides is 1. The molecule has 0 aromatic heterocycles. The standard InChI is InChI=1S/C32H38N2O4/c1-36-24-11-10-22-16-25-30-12-13-32(37-2,23(17-30)28(35)33-18-20-6-4-3-5-7-20)29-31(30,26(22)27(24)38-29)14-15-34(25)19-21-8-9-21/h3-7,10-11,21,23,25,29H,8-9,12-19H2,1-2H3,(H,33,35)/t23-,25+,29+,30+,31-,32+/m0/s1. The SMILES string of the molecule is COc1ccc2c3c1O[C@H]1[C@@]4(OC)CC[C@@]5(C[C@H]4C(=O)NCc4ccccc4)[C@@H](C2)N(CC2CC2)CC[C@]315. The van der Waals surface area contributed by atoms with E-state index in [1.165, 1.54) is 30.5 Å². The molecule has 6 heteroatoms. The van der Waals surface area contributed by atoms with E-state index in [1.54, 1.807) is 14.2 Å². The van der Waals surface area contributed by atoms with Crippen molar-refractivity contribution in [3.05, 3.63) is 59.2 Å². The first-order valence-corrected chi connectivity index (χ1v) is 14.5. The van der Waals surface area contributed by atoms with E-state index in [1.807, 2.05) is 18.2 Å². The number of piperidine rings is 1. The summed E-state index contributed by atoms with van der Waals surface area (Å²) in [4.78, 5) is 16.9. The molecule has 2 aromatic carbocycles. The molecule has 200 valence electrons. The maximum Gasteiger partial charge on any atom is 0.226 e. The summed E-state index contributed by atoms with van der Waals surface area (Å²) in [6.07, 6.45) is 7.47. The van der Waals surface area contributed by atoms with E-state index in [4.69, 9.17) is 14.2 Å². The molecule has 9 rings (SSSR count). The molecule has 4 saturated carbocycles. The zero-order chi connectivity index (χ0) is 25.7. The number of methoxy groups -OCH3 is 2. The summed E-state index contributed by atoms with van der Waals surface area (Å²) >= 11 is 0. The molecule has 0 radical (unpaired) electrons. The van der Waals surface area contributed by atoms with Crippen LogP contribution in [0.15, 0.2) is 42.5 Å². The lowest BCUT2D eigenvalue weighted by molar-refractivity contribution is -0.272. The van der Waals surface area contributed by atoms with Crippen LogP contribution in [0.25, 0.3) is 0 Å². The maximum absolute atomic E-state index is 14.1. The van der Waals surface area contributed by atoms with Crippen molar-refractivity contribution in [2.75, 3.05) is 27.3 Å². The fraction of sp³-hybridized carbons (Fsp3) is 0.594. The number of nitrogens with zero attached hydrogens (tertiary/aromatic N) is 1. The van der Waals surface area contributed by atoms with Gasteiger partial charge in [0.05, 0.1) is 13.0 Å². The van der Waals surface area contributed by atoms with Gasteiger partial charge >= 0.3 is 0 Å². The highest BCUT2D eigenvalue weighted by atomic mass is 16.6. The molecule has 5 fully saturated rings. The lowest BCUT2D eigenvalue weighted by Gasteiger charge is -2.73. The minimum Gasteiger partial charge on any atom is -0.493 e. The van der Waals surface area contributed by atoms with E-state index in [0.717, 1.165) is 61.6 Å². The molecule has 38 heavy (non-hydrogen) atoms. The molecule has 1 saturated heterocycles. The normalized spacial score (nSPS) is 37.9. The van der Waals surface area contributed by atoms with Gasteiger partial charge in [-0.2, -0.15) is 0 Å². The number of ether oxygens (including phenoxy) is 3. The second kappa shape index (κ2) is 7.98. The van der Waals surface area contributed by atoms with Crippen molar-refractivity contribution in [1.29, 1.82) is 0 Å². The number of nitrogens with one attached hydrogen (secondary N) is 1. The zero-order valence-electron chi connectivity index (χ0n) is 22.5. The van der Waals surface area contributed by atoms with E-state index >= 15 is 0 Å². The summed E-state index contributed by atoms with van der Waals surface area (Å²) in [5, 5.41) is 3.30. The fourth-order valence-corrected chi connectivity index (χ4v) is 9.76. The Kier molecular flexibility index (Phi) is 4.90. The Bertz CT molecular complexity index is 1290. The minimum absolute atomic E-state index is 0.00442. The number of benzene rings is 2. The van der Waals surface area contributed by atoms with Gasteiger partial charge in [0.15, 0.2) is 11.5 Å². The lowest BCUT2D eigenvalue weighted by atomic mass is 9.34. The Labute approximate surface area is 225 Å². The highest BCUT2D eigenvalue weighted by Gasteiger charge is 2.81. The van der Waals surface area contributed by atoms with Crippen LogP contribution in [0.1, 0.15) is 55.2 Å². The van der Waals surface area contributed by atoms with Gasteiger partial charge in [-0.05, 0) is 74.6 Å². The fourth-order valence-electron chi connectivity index (χ4n) is 9.76. The molecular weight excluding hydrogens is 476 g/mol. The average molecular weight is 515 g/mol. The van der Waals surface area contributed by atoms with Crippen LogP contribution in [0.5, 0.6) is 11.5 Å². The Hall–Kier alpha value is -2.57. The van der Waals surface area contributed by atoms with E-state index < -0.39 is 5.60 Å². The van der Waals surface area contributed by atoms with Crippen LogP contribution in [0.3, 0.4) is 0 Å². The molecule has 6 atom stereocenters. The molecular formula is C32H38N2O4. The number of fused-ring (bicyclic) bond motifs is 2. The molecule has 0 unspecified atom stereocenters. The van der Waals surface area contributed by atoms with Crippen molar-refractivity contribution < 1.29 is 19.0 Å². The monoisotopic (exact) mass is 514 g/mol. The number of hydrogen-bond donors (Lipinski definition) is 1. The smallest absolute Gasteiger partial charge is 0.226 e. The molecule has 1 N–H and O–H groups in total. The van der Waals surface area contributed by atoms with Crippen molar-refractivity contribution in [3.8, 4) is 11.5 Å². The van der Waals surface area contributed by atoms with E-state index in [-0.39, 0.29) is 28.8 Å². The predicted molar refractivity (Wildman–Crippen MR) is 143 cm³/mol. The van der Waals surface area contributed by atoms with Crippen LogP contribution in [-0.2, 0) is 27.9 Å². The maximum atomic E-state index is 14.1. The summed E-state index contributed by atoms with van der Waals surface area (Å²) in [5.41, 5.74) is 3.15. The Morgan fingerprint density at radius 2 is 1.95 bits per heavy atom. The van der Waals surface area contributed by atoms with Gasteiger partial charge in [-0.3, -0.25) is 9.69 Å². The number of hydrogen-bond acceptors (Lipinski definition) is 5. The van der Waals surface area contributed by atoms with Crippen LogP contribution < -0.4 is 14.8 Å². The number of carbonyl (C=O) groups is 1. The molecule has 2 spiro atoms. The second-order valence-electron chi connectivity index (χ2n) is 12.8. The zero-order valence-corrected chi connectivity index (χ0v) is 22.5. The van der Waals surface area contributed by atoms with Crippen LogP contribution >= 0.6 is 0 Å². The summed E-state index contributed by atoms with van der Waals surface area (Å²) in [6, 6.07) is 15.0. The summed E-state index contributed by atoms with van der Waals surface area (Å²) in [6.45, 7) is 2.84. The molecule has 6 nitrogen and oxygen atoms in total.